The molecule has 0 saturated carbocycles. The molecule has 1 fully saturated rings. The van der Waals surface area contributed by atoms with E-state index in [4.69, 9.17) is 5.11 Å². The highest BCUT2D eigenvalue weighted by Crippen LogP contribution is 2.31. The average Bonchev–Trinajstić information content (AvgIpc) is 2.76. The first-order valence-corrected chi connectivity index (χ1v) is 9.03. The lowest BCUT2D eigenvalue weighted by Crippen LogP contribution is -2.43. The summed E-state index contributed by atoms with van der Waals surface area (Å²) in [6, 6.07) is 1.57. The molecular formula is C11H17NO3S3. The van der Waals surface area contributed by atoms with Crippen LogP contribution >= 0.6 is 23.1 Å². The van der Waals surface area contributed by atoms with Gasteiger partial charge in [-0.25, -0.2) is 8.42 Å². The normalized spacial score (nSPS) is 26.4. The van der Waals surface area contributed by atoms with Crippen molar-refractivity contribution in [1.29, 1.82) is 0 Å². The van der Waals surface area contributed by atoms with Crippen LogP contribution in [-0.4, -0.2) is 41.4 Å². The second-order valence-corrected chi connectivity index (χ2v) is 9.47. The Labute approximate surface area is 116 Å². The van der Waals surface area contributed by atoms with Crippen molar-refractivity contribution >= 4 is 33.1 Å². The van der Waals surface area contributed by atoms with Crippen molar-refractivity contribution in [1.82, 2.24) is 4.31 Å². The summed E-state index contributed by atoms with van der Waals surface area (Å²) in [6.45, 7) is 5.11. The summed E-state index contributed by atoms with van der Waals surface area (Å²) in [7, 11) is -3.39. The Morgan fingerprint density at radius 1 is 1.39 bits per heavy atom. The van der Waals surface area contributed by atoms with Crippen molar-refractivity contribution < 1.29 is 13.5 Å². The van der Waals surface area contributed by atoms with Gasteiger partial charge in [-0.1, -0.05) is 13.8 Å². The fraction of sp³-hybridized carbons (Fsp3) is 0.636. The molecule has 2 heterocycles. The van der Waals surface area contributed by atoms with Gasteiger partial charge in [-0.05, 0) is 17.0 Å². The van der Waals surface area contributed by atoms with Gasteiger partial charge in [-0.15, -0.1) is 11.3 Å². The molecule has 7 heteroatoms. The number of hydrogen-bond donors (Lipinski definition) is 1. The van der Waals surface area contributed by atoms with E-state index >= 15 is 0 Å². The van der Waals surface area contributed by atoms with E-state index in [2.05, 4.69) is 13.8 Å². The molecule has 0 radical (unpaired) electrons. The van der Waals surface area contributed by atoms with E-state index in [0.717, 1.165) is 0 Å². The van der Waals surface area contributed by atoms with Gasteiger partial charge >= 0.3 is 0 Å². The van der Waals surface area contributed by atoms with Crippen LogP contribution in [0.1, 0.15) is 19.4 Å². The van der Waals surface area contributed by atoms with Gasteiger partial charge in [0.05, 0.1) is 6.61 Å². The number of rotatable bonds is 3. The minimum atomic E-state index is -3.39. The summed E-state index contributed by atoms with van der Waals surface area (Å²) in [5.74, 6) is 0. The van der Waals surface area contributed by atoms with Crippen LogP contribution in [-0.2, 0) is 16.6 Å². The Morgan fingerprint density at radius 2 is 2.00 bits per heavy atom. The van der Waals surface area contributed by atoms with E-state index in [1.54, 1.807) is 15.8 Å². The smallest absolute Gasteiger partial charge is 0.252 e. The molecule has 0 aromatic carbocycles. The van der Waals surface area contributed by atoms with Crippen molar-refractivity contribution in [3.8, 4) is 0 Å². The Kier molecular flexibility index (Phi) is 4.38. The summed E-state index contributed by atoms with van der Waals surface area (Å²) in [6.07, 6.45) is 0. The minimum Gasteiger partial charge on any atom is -0.392 e. The quantitative estimate of drug-likeness (QED) is 0.924. The van der Waals surface area contributed by atoms with E-state index in [0.29, 0.717) is 33.4 Å². The molecule has 18 heavy (non-hydrogen) atoms. The van der Waals surface area contributed by atoms with E-state index in [9.17, 15) is 8.42 Å². The zero-order valence-electron chi connectivity index (χ0n) is 10.4. The Bertz CT molecular complexity index is 501. The molecular weight excluding hydrogens is 290 g/mol. The van der Waals surface area contributed by atoms with Gasteiger partial charge in [0.1, 0.15) is 4.21 Å². The van der Waals surface area contributed by atoms with E-state index in [1.807, 2.05) is 11.8 Å². The lowest BCUT2D eigenvalue weighted by atomic mass is 10.4. The van der Waals surface area contributed by atoms with Gasteiger partial charge in [0.2, 0.25) is 0 Å². The third-order valence-electron chi connectivity index (χ3n) is 2.79. The van der Waals surface area contributed by atoms with Crippen molar-refractivity contribution in [3.05, 3.63) is 17.0 Å². The van der Waals surface area contributed by atoms with Gasteiger partial charge in [0.15, 0.2) is 0 Å². The van der Waals surface area contributed by atoms with Gasteiger partial charge in [0.25, 0.3) is 10.0 Å². The summed E-state index contributed by atoms with van der Waals surface area (Å²) < 4.78 is 26.8. The minimum absolute atomic E-state index is 0.116. The molecule has 0 aliphatic carbocycles. The molecule has 2 rings (SSSR count). The standard InChI is InChI=1S/C11H17NO3S3/c1-8-4-12(5-9(2)17-8)18(14,15)11-3-10(6-13)7-16-11/h3,7-9,13H,4-6H2,1-2H3. The molecule has 0 amide bonds. The Morgan fingerprint density at radius 3 is 2.50 bits per heavy atom. The van der Waals surface area contributed by atoms with Crippen LogP contribution in [0, 0.1) is 0 Å². The molecule has 1 aliphatic rings. The molecule has 1 aromatic heterocycles. The number of sulfonamides is 1. The summed E-state index contributed by atoms with van der Waals surface area (Å²) in [5.41, 5.74) is 0.658. The summed E-state index contributed by atoms with van der Waals surface area (Å²) in [5, 5.41) is 11.3. The number of hydrogen-bond acceptors (Lipinski definition) is 5. The second kappa shape index (κ2) is 5.50. The SMILES string of the molecule is CC1CN(S(=O)(=O)c2cc(CO)cs2)CC(C)S1. The first-order chi connectivity index (χ1) is 8.43. The van der Waals surface area contributed by atoms with Crippen LogP contribution in [0.5, 0.6) is 0 Å². The zero-order chi connectivity index (χ0) is 13.3. The maximum atomic E-state index is 12.5. The van der Waals surface area contributed by atoms with Gasteiger partial charge in [-0.3, -0.25) is 0 Å². The van der Waals surface area contributed by atoms with Crippen LogP contribution in [0.25, 0.3) is 0 Å². The Hall–Kier alpha value is -0.0800. The lowest BCUT2D eigenvalue weighted by Gasteiger charge is -2.33. The first kappa shape index (κ1) is 14.3. The fourth-order valence-corrected chi connectivity index (χ4v) is 6.51. The number of thiophene rings is 1. The molecule has 1 aromatic rings. The summed E-state index contributed by atoms with van der Waals surface area (Å²) in [4.78, 5) is 0. The zero-order valence-corrected chi connectivity index (χ0v) is 12.8. The number of aliphatic hydroxyl groups is 1. The molecule has 0 spiro atoms. The lowest BCUT2D eigenvalue weighted by molar-refractivity contribution is 0.282. The van der Waals surface area contributed by atoms with E-state index in [1.165, 1.54) is 11.3 Å². The van der Waals surface area contributed by atoms with Crippen molar-refractivity contribution in [2.75, 3.05) is 13.1 Å². The predicted octanol–water partition coefficient (Wildman–Crippen LogP) is 1.75. The third-order valence-corrected chi connectivity index (χ3v) is 7.32. The van der Waals surface area contributed by atoms with E-state index < -0.39 is 10.0 Å². The predicted molar refractivity (Wildman–Crippen MR) is 75.5 cm³/mol. The molecule has 1 aliphatic heterocycles. The topological polar surface area (TPSA) is 57.6 Å². The maximum Gasteiger partial charge on any atom is 0.252 e. The highest BCUT2D eigenvalue weighted by molar-refractivity contribution is 8.00. The third kappa shape index (κ3) is 2.91. The fourth-order valence-electron chi connectivity index (χ4n) is 2.03. The molecule has 1 N–H and O–H groups in total. The highest BCUT2D eigenvalue weighted by atomic mass is 32.2. The van der Waals surface area contributed by atoms with Crippen LogP contribution in [0.4, 0.5) is 0 Å². The largest absolute Gasteiger partial charge is 0.392 e. The maximum absolute atomic E-state index is 12.5. The van der Waals surface area contributed by atoms with Crippen LogP contribution in [0.3, 0.4) is 0 Å². The van der Waals surface area contributed by atoms with Gasteiger partial charge in [0, 0.05) is 23.6 Å². The van der Waals surface area contributed by atoms with Gasteiger partial charge in [-0.2, -0.15) is 16.1 Å². The van der Waals surface area contributed by atoms with E-state index in [-0.39, 0.29) is 6.61 Å². The van der Waals surface area contributed by atoms with Crippen LogP contribution < -0.4 is 0 Å². The molecule has 102 valence electrons. The number of aliphatic hydroxyl groups excluding tert-OH is 1. The molecule has 0 bridgehead atoms. The monoisotopic (exact) mass is 307 g/mol. The van der Waals surface area contributed by atoms with Gasteiger partial charge < -0.3 is 5.11 Å². The molecule has 2 atom stereocenters. The number of nitrogens with zero attached hydrogens (tertiary/aromatic N) is 1. The first-order valence-electron chi connectivity index (χ1n) is 5.77. The molecule has 4 nitrogen and oxygen atoms in total. The Balaban J connectivity index is 2.25. The molecule has 2 unspecified atom stereocenters. The second-order valence-electron chi connectivity index (χ2n) is 4.51. The summed E-state index contributed by atoms with van der Waals surface area (Å²) >= 11 is 3.00. The highest BCUT2D eigenvalue weighted by Gasteiger charge is 2.32. The van der Waals surface area contributed by atoms with Crippen molar-refractivity contribution in [3.63, 3.8) is 0 Å². The molecule has 1 saturated heterocycles. The average molecular weight is 307 g/mol. The number of thioether (sulfide) groups is 1. The van der Waals surface area contributed by atoms with Crippen LogP contribution in [0.15, 0.2) is 15.7 Å². The van der Waals surface area contributed by atoms with Crippen molar-refractivity contribution in [2.24, 2.45) is 0 Å². The van der Waals surface area contributed by atoms with Crippen LogP contribution in [0.2, 0.25) is 0 Å². The van der Waals surface area contributed by atoms with Crippen molar-refractivity contribution in [2.45, 2.75) is 35.2 Å².